The molecule has 7 aromatic carbocycles. The molecule has 0 atom stereocenters. The van der Waals surface area contributed by atoms with Crippen LogP contribution in [0.1, 0.15) is 5.56 Å². The number of hydrogen-bond acceptors (Lipinski definition) is 2. The average Bonchev–Trinajstić information content (AvgIpc) is 3.80. The average molecular weight is 625 g/mol. The van der Waals surface area contributed by atoms with Gasteiger partial charge < -0.3 is 13.6 Å². The van der Waals surface area contributed by atoms with Crippen molar-refractivity contribution >= 4 is 71.2 Å². The van der Waals surface area contributed by atoms with E-state index in [1.54, 1.807) is 6.07 Å². The zero-order valence-electron chi connectivity index (χ0n) is 26.1. The van der Waals surface area contributed by atoms with Gasteiger partial charge in [0.2, 0.25) is 0 Å². The predicted molar refractivity (Wildman–Crippen MR) is 199 cm³/mol. The van der Waals surface area contributed by atoms with Gasteiger partial charge in [0.15, 0.2) is 5.69 Å². The summed E-state index contributed by atoms with van der Waals surface area (Å²) in [7, 11) is 0. The second-order valence-electron chi connectivity index (χ2n) is 12.4. The van der Waals surface area contributed by atoms with Crippen molar-refractivity contribution in [3.05, 3.63) is 163 Å². The third kappa shape index (κ3) is 3.97. The van der Waals surface area contributed by atoms with Crippen LogP contribution in [-0.4, -0.2) is 9.13 Å². The van der Waals surface area contributed by atoms with Gasteiger partial charge in [-0.05, 0) is 83.9 Å². The van der Waals surface area contributed by atoms with Crippen LogP contribution in [0.3, 0.4) is 0 Å². The van der Waals surface area contributed by atoms with Gasteiger partial charge in [-0.3, -0.25) is 0 Å². The Kier molecular flexibility index (Phi) is 5.64. The summed E-state index contributed by atoms with van der Waals surface area (Å²) in [6.45, 7) is 7.50. The van der Waals surface area contributed by atoms with E-state index in [0.29, 0.717) is 11.3 Å². The highest BCUT2D eigenvalue weighted by Gasteiger charge is 2.18. The Bertz CT molecular complexity index is 3090. The monoisotopic (exact) mass is 624 g/mol. The fourth-order valence-corrected chi connectivity index (χ4v) is 7.54. The van der Waals surface area contributed by atoms with E-state index in [0.717, 1.165) is 88.1 Å². The summed E-state index contributed by atoms with van der Waals surface area (Å²) in [5, 5.41) is 16.0. The standard InChI is InChI=1S/C44H24N4O/c1-46-30-17-19-43-37(23-30)38-24-36-34-13-3-5-15-40(34)48(42(36)25-44(38)49-43)32-11-7-9-29(22-32)28-8-6-10-31(21-28)47-39-14-4-2-12-33(39)35-20-27(26-45)16-18-41(35)47/h2-25H. The predicted octanol–water partition coefficient (Wildman–Crippen LogP) is 11.9. The smallest absolute Gasteiger partial charge is 0.188 e. The third-order valence-corrected chi connectivity index (χ3v) is 9.72. The molecule has 0 saturated heterocycles. The first-order valence-electron chi connectivity index (χ1n) is 16.1. The largest absolute Gasteiger partial charge is 0.456 e. The molecule has 0 aliphatic heterocycles. The molecule has 226 valence electrons. The van der Waals surface area contributed by atoms with Gasteiger partial charge in [-0.15, -0.1) is 0 Å². The molecule has 0 aliphatic carbocycles. The molecule has 0 radical (unpaired) electrons. The van der Waals surface area contributed by atoms with Crippen molar-refractivity contribution in [1.82, 2.24) is 9.13 Å². The van der Waals surface area contributed by atoms with E-state index in [9.17, 15) is 5.26 Å². The van der Waals surface area contributed by atoms with Crippen molar-refractivity contribution in [2.45, 2.75) is 0 Å². The molecule has 10 rings (SSSR count). The minimum atomic E-state index is 0.602. The maximum absolute atomic E-state index is 9.59. The lowest BCUT2D eigenvalue weighted by molar-refractivity contribution is 0.669. The molecule has 0 spiro atoms. The van der Waals surface area contributed by atoms with Crippen LogP contribution in [0.5, 0.6) is 0 Å². The molecule has 10 aromatic rings. The molecule has 5 heteroatoms. The number of nitriles is 1. The highest BCUT2D eigenvalue weighted by atomic mass is 16.3. The van der Waals surface area contributed by atoms with Gasteiger partial charge >= 0.3 is 0 Å². The molecule has 0 saturated carbocycles. The molecule has 0 N–H and O–H groups in total. The minimum Gasteiger partial charge on any atom is -0.456 e. The number of rotatable bonds is 3. The van der Waals surface area contributed by atoms with Gasteiger partial charge in [-0.25, -0.2) is 4.85 Å². The molecule has 3 aromatic heterocycles. The van der Waals surface area contributed by atoms with E-state index in [-0.39, 0.29) is 0 Å². The molecule has 0 amide bonds. The van der Waals surface area contributed by atoms with Crippen molar-refractivity contribution in [3.63, 3.8) is 0 Å². The van der Waals surface area contributed by atoms with E-state index in [1.165, 1.54) is 0 Å². The first-order chi connectivity index (χ1) is 24.2. The van der Waals surface area contributed by atoms with Gasteiger partial charge in [-0.1, -0.05) is 66.7 Å². The SMILES string of the molecule is [C-]#[N+]c1ccc2oc3cc4c(cc3c2c1)c1ccccc1n4-c1cccc(-c2cccc(-n3c4ccccc4c4cc(C#N)ccc43)c2)c1. The van der Waals surface area contributed by atoms with E-state index in [4.69, 9.17) is 11.0 Å². The van der Waals surface area contributed by atoms with Crippen LogP contribution in [0.4, 0.5) is 5.69 Å². The van der Waals surface area contributed by atoms with Crippen LogP contribution < -0.4 is 0 Å². The van der Waals surface area contributed by atoms with E-state index >= 15 is 0 Å². The van der Waals surface area contributed by atoms with Gasteiger partial charge in [0, 0.05) is 49.8 Å². The third-order valence-electron chi connectivity index (χ3n) is 9.72. The molecule has 0 unspecified atom stereocenters. The lowest BCUT2D eigenvalue weighted by Gasteiger charge is -2.12. The number of para-hydroxylation sites is 2. The summed E-state index contributed by atoms with van der Waals surface area (Å²) in [4.78, 5) is 3.64. The highest BCUT2D eigenvalue weighted by molar-refractivity contribution is 6.17. The fourth-order valence-electron chi connectivity index (χ4n) is 7.54. The normalized spacial score (nSPS) is 11.6. The van der Waals surface area contributed by atoms with E-state index < -0.39 is 0 Å². The topological polar surface area (TPSA) is 51.1 Å². The Labute approximate surface area is 280 Å². The summed E-state index contributed by atoms with van der Waals surface area (Å²) in [6.07, 6.45) is 0. The molecule has 49 heavy (non-hydrogen) atoms. The summed E-state index contributed by atoms with van der Waals surface area (Å²) in [5.41, 5.74) is 11.5. The number of hydrogen-bond donors (Lipinski definition) is 0. The first kappa shape index (κ1) is 27.1. The zero-order chi connectivity index (χ0) is 32.6. The Morgan fingerprint density at radius 2 is 1.10 bits per heavy atom. The van der Waals surface area contributed by atoms with Crippen molar-refractivity contribution in [2.24, 2.45) is 0 Å². The molecular formula is C44H24N4O. The van der Waals surface area contributed by atoms with Crippen molar-refractivity contribution < 1.29 is 4.42 Å². The lowest BCUT2D eigenvalue weighted by atomic mass is 10.0. The number of furan rings is 1. The van der Waals surface area contributed by atoms with E-state index in [1.807, 2.05) is 36.4 Å². The maximum Gasteiger partial charge on any atom is 0.188 e. The zero-order valence-corrected chi connectivity index (χ0v) is 26.1. The van der Waals surface area contributed by atoms with Crippen LogP contribution in [0, 0.1) is 17.9 Å². The number of aromatic nitrogens is 2. The van der Waals surface area contributed by atoms with Gasteiger partial charge in [0.25, 0.3) is 0 Å². The lowest BCUT2D eigenvalue weighted by Crippen LogP contribution is -1.96. The minimum absolute atomic E-state index is 0.602. The van der Waals surface area contributed by atoms with Gasteiger partial charge in [0.1, 0.15) is 11.2 Å². The maximum atomic E-state index is 9.59. The van der Waals surface area contributed by atoms with E-state index in [2.05, 4.69) is 123 Å². The van der Waals surface area contributed by atoms with Crippen LogP contribution in [0.2, 0.25) is 0 Å². The van der Waals surface area contributed by atoms with Crippen LogP contribution >= 0.6 is 0 Å². The van der Waals surface area contributed by atoms with Crippen LogP contribution in [0.15, 0.2) is 150 Å². The van der Waals surface area contributed by atoms with Gasteiger partial charge in [0.05, 0.1) is 40.3 Å². The quantitative estimate of drug-likeness (QED) is 0.184. The summed E-state index contributed by atoms with van der Waals surface area (Å²) < 4.78 is 10.9. The van der Waals surface area contributed by atoms with Gasteiger partial charge in [-0.2, -0.15) is 5.26 Å². The molecule has 5 nitrogen and oxygen atoms in total. The molecule has 0 aliphatic rings. The summed E-state index contributed by atoms with van der Waals surface area (Å²) >= 11 is 0. The van der Waals surface area contributed by atoms with Crippen LogP contribution in [-0.2, 0) is 0 Å². The molecule has 0 fully saturated rings. The molecular weight excluding hydrogens is 601 g/mol. The Morgan fingerprint density at radius 3 is 1.78 bits per heavy atom. The Hall–Kier alpha value is -7.08. The highest BCUT2D eigenvalue weighted by Crippen LogP contribution is 2.40. The molecule has 0 bridgehead atoms. The second-order valence-corrected chi connectivity index (χ2v) is 12.4. The Morgan fingerprint density at radius 1 is 0.490 bits per heavy atom. The van der Waals surface area contributed by atoms with Crippen molar-refractivity contribution in [1.29, 1.82) is 5.26 Å². The number of fused-ring (bicyclic) bond motifs is 9. The van der Waals surface area contributed by atoms with Crippen molar-refractivity contribution in [3.8, 4) is 28.6 Å². The van der Waals surface area contributed by atoms with Crippen molar-refractivity contribution in [2.75, 3.05) is 0 Å². The fraction of sp³-hybridized carbons (Fsp3) is 0. The number of nitrogens with zero attached hydrogens (tertiary/aromatic N) is 4. The number of benzene rings is 7. The molecule has 3 heterocycles. The van der Waals surface area contributed by atoms with Crippen LogP contribution in [0.25, 0.3) is 92.9 Å². The summed E-state index contributed by atoms with van der Waals surface area (Å²) in [6, 6.07) is 52.4. The summed E-state index contributed by atoms with van der Waals surface area (Å²) in [5.74, 6) is 0. The first-order valence-corrected chi connectivity index (χ1v) is 16.1. The Balaban J connectivity index is 1.16. The second kappa shape index (κ2) is 10.2.